The van der Waals surface area contributed by atoms with Crippen LogP contribution in [0, 0.1) is 0 Å². The van der Waals surface area contributed by atoms with E-state index >= 15 is 0 Å². The van der Waals surface area contributed by atoms with Gasteiger partial charge >= 0.3 is 0 Å². The Morgan fingerprint density at radius 1 is 1.16 bits per heavy atom. The van der Waals surface area contributed by atoms with Crippen molar-refractivity contribution in [3.05, 3.63) is 84.2 Å². The number of allylic oxidation sites excluding steroid dienone is 3. The molecule has 2 rings (SSSR count). The number of nitrogens with zero attached hydrogens (tertiary/aromatic N) is 1. The van der Waals surface area contributed by atoms with Gasteiger partial charge < -0.3 is 21.1 Å². The van der Waals surface area contributed by atoms with E-state index in [0.717, 1.165) is 30.0 Å². The molecule has 7 heteroatoms. The summed E-state index contributed by atoms with van der Waals surface area (Å²) in [5.41, 5.74) is 8.64. The number of nitrogens with one attached hydrogen (secondary N) is 2. The lowest BCUT2D eigenvalue weighted by Gasteiger charge is -2.11. The van der Waals surface area contributed by atoms with Crippen LogP contribution in [-0.4, -0.2) is 12.1 Å². The Morgan fingerprint density at radius 2 is 1.87 bits per heavy atom. The molecule has 1 amide bonds. The standard InChI is InChI=1S/C24H27FN4O2/c1-5-16(3)24(29-19-12-10-18(26)11-13-19)27-15-22(25)17(4)31-21-9-7-8-20(14-21)28-23(30)6-2/h6-15,29H,2,5,26H2,1,3-4H3,(H,28,30)/b22-17-,24-16-,27-15+. The molecule has 31 heavy (non-hydrogen) atoms. The molecule has 6 nitrogen and oxygen atoms in total. The van der Waals surface area contributed by atoms with Gasteiger partial charge in [0, 0.05) is 23.1 Å². The lowest BCUT2D eigenvalue weighted by Crippen LogP contribution is -2.07. The highest BCUT2D eigenvalue weighted by atomic mass is 19.1. The lowest BCUT2D eigenvalue weighted by atomic mass is 10.2. The molecule has 0 fully saturated rings. The lowest BCUT2D eigenvalue weighted by molar-refractivity contribution is -0.111. The van der Waals surface area contributed by atoms with Gasteiger partial charge in [0.25, 0.3) is 0 Å². The smallest absolute Gasteiger partial charge is 0.247 e. The predicted molar refractivity (Wildman–Crippen MR) is 126 cm³/mol. The molecule has 0 saturated carbocycles. The molecule has 162 valence electrons. The van der Waals surface area contributed by atoms with Crippen molar-refractivity contribution >= 4 is 29.2 Å². The second-order valence-corrected chi connectivity index (χ2v) is 6.72. The first-order valence-corrected chi connectivity index (χ1v) is 9.76. The summed E-state index contributed by atoms with van der Waals surface area (Å²) in [4.78, 5) is 15.7. The van der Waals surface area contributed by atoms with Crippen molar-refractivity contribution in [3.8, 4) is 5.75 Å². The predicted octanol–water partition coefficient (Wildman–Crippen LogP) is 5.80. The number of amides is 1. The van der Waals surface area contributed by atoms with E-state index < -0.39 is 5.83 Å². The van der Waals surface area contributed by atoms with E-state index in [1.165, 1.54) is 6.92 Å². The van der Waals surface area contributed by atoms with E-state index in [9.17, 15) is 9.18 Å². The highest BCUT2D eigenvalue weighted by Crippen LogP contribution is 2.21. The van der Waals surface area contributed by atoms with Gasteiger partial charge in [0.1, 0.15) is 17.3 Å². The fourth-order valence-electron chi connectivity index (χ4n) is 2.39. The topological polar surface area (TPSA) is 88.7 Å². The zero-order chi connectivity index (χ0) is 22.8. The van der Waals surface area contributed by atoms with Crippen LogP contribution < -0.4 is 21.1 Å². The van der Waals surface area contributed by atoms with Crippen molar-refractivity contribution in [1.29, 1.82) is 0 Å². The van der Waals surface area contributed by atoms with Crippen molar-refractivity contribution in [2.24, 2.45) is 4.99 Å². The monoisotopic (exact) mass is 422 g/mol. The van der Waals surface area contributed by atoms with Crippen LogP contribution in [0.25, 0.3) is 0 Å². The van der Waals surface area contributed by atoms with Crippen LogP contribution in [0.2, 0.25) is 0 Å². The van der Waals surface area contributed by atoms with E-state index in [-0.39, 0.29) is 11.7 Å². The first kappa shape index (κ1) is 23.4. The van der Waals surface area contributed by atoms with Crippen LogP contribution >= 0.6 is 0 Å². The zero-order valence-corrected chi connectivity index (χ0v) is 17.9. The van der Waals surface area contributed by atoms with Crippen molar-refractivity contribution in [2.75, 3.05) is 16.4 Å². The third kappa shape index (κ3) is 7.47. The molecule has 0 unspecified atom stereocenters. The van der Waals surface area contributed by atoms with Crippen molar-refractivity contribution in [3.63, 3.8) is 0 Å². The number of anilines is 3. The summed E-state index contributed by atoms with van der Waals surface area (Å²) in [5.74, 6) is -0.00677. The van der Waals surface area contributed by atoms with E-state index in [0.29, 0.717) is 22.9 Å². The van der Waals surface area contributed by atoms with Gasteiger partial charge in [-0.25, -0.2) is 9.38 Å². The minimum Gasteiger partial charge on any atom is -0.459 e. The summed E-state index contributed by atoms with van der Waals surface area (Å²) in [7, 11) is 0. The molecule has 4 N–H and O–H groups in total. The third-order valence-electron chi connectivity index (χ3n) is 4.31. The van der Waals surface area contributed by atoms with Gasteiger partial charge in [0.05, 0.1) is 6.21 Å². The quantitative estimate of drug-likeness (QED) is 0.206. The Hall–Kier alpha value is -3.87. The van der Waals surface area contributed by atoms with Crippen LogP contribution in [0.5, 0.6) is 5.75 Å². The Labute approximate surface area is 182 Å². The molecule has 0 heterocycles. The van der Waals surface area contributed by atoms with Crippen molar-refractivity contribution < 1.29 is 13.9 Å². The summed E-state index contributed by atoms with van der Waals surface area (Å²) in [6, 6.07) is 13.8. The van der Waals surface area contributed by atoms with Gasteiger partial charge in [-0.2, -0.15) is 0 Å². The van der Waals surface area contributed by atoms with Gasteiger partial charge in [-0.15, -0.1) is 0 Å². The fourth-order valence-corrected chi connectivity index (χ4v) is 2.39. The average molecular weight is 423 g/mol. The first-order valence-electron chi connectivity index (χ1n) is 9.76. The van der Waals surface area contributed by atoms with Crippen LogP contribution in [0.15, 0.2) is 89.2 Å². The molecule has 0 radical (unpaired) electrons. The molecule has 0 aliphatic heterocycles. The van der Waals surface area contributed by atoms with E-state index in [1.807, 2.05) is 26.0 Å². The molecule has 0 atom stereocenters. The SMILES string of the molecule is C=CC(=O)Nc1cccc(O/C(C)=C(F)/C=N/C(Nc2ccc(N)cc2)=C(\C)CC)c1. The van der Waals surface area contributed by atoms with Gasteiger partial charge in [0.15, 0.2) is 5.83 Å². The molecule has 2 aromatic carbocycles. The minimum absolute atomic E-state index is 0.0388. The van der Waals surface area contributed by atoms with E-state index in [1.54, 1.807) is 36.4 Å². The molecule has 0 aliphatic carbocycles. The summed E-state index contributed by atoms with van der Waals surface area (Å²) in [5, 5.41) is 5.80. The summed E-state index contributed by atoms with van der Waals surface area (Å²) < 4.78 is 20.2. The number of halogens is 1. The van der Waals surface area contributed by atoms with Crippen LogP contribution in [0.1, 0.15) is 27.2 Å². The number of carbonyl (C=O) groups is 1. The van der Waals surface area contributed by atoms with Gasteiger partial charge in [-0.3, -0.25) is 4.79 Å². The minimum atomic E-state index is -0.624. The molecular weight excluding hydrogens is 395 g/mol. The van der Waals surface area contributed by atoms with E-state index in [4.69, 9.17) is 10.5 Å². The number of hydrogen-bond donors (Lipinski definition) is 3. The molecular formula is C24H27FN4O2. The molecule has 2 aromatic rings. The largest absolute Gasteiger partial charge is 0.459 e. The zero-order valence-electron chi connectivity index (χ0n) is 17.9. The summed E-state index contributed by atoms with van der Waals surface area (Å²) >= 11 is 0. The summed E-state index contributed by atoms with van der Waals surface area (Å²) in [6.07, 6.45) is 3.02. The number of ether oxygens (including phenoxy) is 1. The third-order valence-corrected chi connectivity index (χ3v) is 4.31. The number of aliphatic imine (C=N–C) groups is 1. The number of rotatable bonds is 9. The Balaban J connectivity index is 2.16. The van der Waals surface area contributed by atoms with Crippen LogP contribution in [0.4, 0.5) is 21.5 Å². The number of carbonyl (C=O) groups excluding carboxylic acids is 1. The normalized spacial score (nSPS) is 12.6. The van der Waals surface area contributed by atoms with E-state index in [2.05, 4.69) is 22.2 Å². The fraction of sp³-hybridized carbons (Fsp3) is 0.167. The maximum absolute atomic E-state index is 14.6. The van der Waals surface area contributed by atoms with Gasteiger partial charge in [-0.1, -0.05) is 19.6 Å². The second kappa shape index (κ2) is 11.3. The Morgan fingerprint density at radius 3 is 2.52 bits per heavy atom. The molecule has 0 saturated heterocycles. The highest BCUT2D eigenvalue weighted by Gasteiger charge is 2.06. The van der Waals surface area contributed by atoms with Crippen LogP contribution in [0.3, 0.4) is 0 Å². The van der Waals surface area contributed by atoms with Gasteiger partial charge in [-0.05, 0) is 68.3 Å². The second-order valence-electron chi connectivity index (χ2n) is 6.72. The molecule has 0 aromatic heterocycles. The molecule has 0 bridgehead atoms. The number of hydrogen-bond acceptors (Lipinski definition) is 5. The molecule has 0 aliphatic rings. The highest BCUT2D eigenvalue weighted by molar-refractivity contribution is 5.98. The van der Waals surface area contributed by atoms with Crippen molar-refractivity contribution in [2.45, 2.75) is 27.2 Å². The number of nitrogens with two attached hydrogens (primary N) is 1. The van der Waals surface area contributed by atoms with Gasteiger partial charge in [0.2, 0.25) is 5.91 Å². The Bertz CT molecular complexity index is 1020. The van der Waals surface area contributed by atoms with Crippen LogP contribution in [-0.2, 0) is 4.79 Å². The average Bonchev–Trinajstić information content (AvgIpc) is 2.77. The van der Waals surface area contributed by atoms with Crippen molar-refractivity contribution in [1.82, 2.24) is 0 Å². The Kier molecular flexibility index (Phi) is 8.57. The maximum Gasteiger partial charge on any atom is 0.247 e. The number of nitrogen functional groups attached to an aromatic ring is 1. The maximum atomic E-state index is 14.6. The number of benzene rings is 2. The summed E-state index contributed by atoms with van der Waals surface area (Å²) in [6.45, 7) is 8.82. The first-order chi connectivity index (χ1) is 14.8. The molecule has 0 spiro atoms.